The molecule has 1 aromatic carbocycles. The van der Waals surface area contributed by atoms with E-state index in [0.717, 1.165) is 49.0 Å². The zero-order chi connectivity index (χ0) is 17.9. The summed E-state index contributed by atoms with van der Waals surface area (Å²) < 4.78 is 11.3. The molecule has 1 fully saturated rings. The number of methoxy groups -OCH3 is 1. The van der Waals surface area contributed by atoms with Gasteiger partial charge < -0.3 is 9.15 Å². The first-order chi connectivity index (χ1) is 12.7. The number of oxazole rings is 1. The van der Waals surface area contributed by atoms with Crippen molar-refractivity contribution in [2.45, 2.75) is 38.8 Å². The zero-order valence-electron chi connectivity index (χ0n) is 15.1. The number of hydrogen-bond donors (Lipinski definition) is 0. The van der Waals surface area contributed by atoms with Crippen LogP contribution in [0.4, 0.5) is 0 Å². The predicted molar refractivity (Wildman–Crippen MR) is 102 cm³/mol. The van der Waals surface area contributed by atoms with Crippen LogP contribution in [0.1, 0.15) is 46.7 Å². The number of likely N-dealkylation sites (tertiary alicyclic amines) is 1. The molecule has 0 saturated carbocycles. The Bertz CT molecular complexity index is 856. The smallest absolute Gasteiger partial charge is 0.211 e. The van der Waals surface area contributed by atoms with Crippen LogP contribution in [0.5, 0.6) is 5.75 Å². The van der Waals surface area contributed by atoms with E-state index in [4.69, 9.17) is 9.15 Å². The quantitative estimate of drug-likeness (QED) is 0.645. The molecule has 0 amide bonds. The molecule has 1 aliphatic heterocycles. The van der Waals surface area contributed by atoms with Crippen LogP contribution in [-0.2, 0) is 13.0 Å². The van der Waals surface area contributed by atoms with Gasteiger partial charge >= 0.3 is 0 Å². The van der Waals surface area contributed by atoms with Crippen LogP contribution in [0.3, 0.4) is 0 Å². The molecule has 0 unspecified atom stereocenters. The molecule has 26 heavy (non-hydrogen) atoms. The molecular formula is C20H23N3O2S. The van der Waals surface area contributed by atoms with Gasteiger partial charge in [-0.05, 0) is 44.0 Å². The van der Waals surface area contributed by atoms with E-state index in [2.05, 4.69) is 33.9 Å². The van der Waals surface area contributed by atoms with E-state index in [0.29, 0.717) is 0 Å². The van der Waals surface area contributed by atoms with E-state index in [1.54, 1.807) is 18.4 Å². The molecule has 5 nitrogen and oxygen atoms in total. The highest BCUT2D eigenvalue weighted by molar-refractivity contribution is 7.09. The molecule has 0 bridgehead atoms. The summed E-state index contributed by atoms with van der Waals surface area (Å²) in [5, 5.41) is 0. The highest BCUT2D eigenvalue weighted by atomic mass is 32.1. The van der Waals surface area contributed by atoms with Gasteiger partial charge in [0.2, 0.25) is 5.89 Å². The van der Waals surface area contributed by atoms with Gasteiger partial charge in [-0.25, -0.2) is 9.97 Å². The number of rotatable bonds is 6. The van der Waals surface area contributed by atoms with E-state index in [1.807, 2.05) is 23.8 Å². The average molecular weight is 369 g/mol. The van der Waals surface area contributed by atoms with Gasteiger partial charge in [-0.3, -0.25) is 4.90 Å². The minimum atomic E-state index is 0.265. The van der Waals surface area contributed by atoms with Gasteiger partial charge in [0.15, 0.2) is 0 Å². The molecule has 1 saturated heterocycles. The molecule has 136 valence electrons. The van der Waals surface area contributed by atoms with Crippen molar-refractivity contribution < 1.29 is 9.15 Å². The number of benzene rings is 1. The average Bonchev–Trinajstić information content (AvgIpc) is 3.38. The topological polar surface area (TPSA) is 51.4 Å². The van der Waals surface area contributed by atoms with Crippen LogP contribution < -0.4 is 4.74 Å². The summed E-state index contributed by atoms with van der Waals surface area (Å²) in [7, 11) is 1.68. The summed E-state index contributed by atoms with van der Waals surface area (Å²) in [6.07, 6.45) is 4.89. The van der Waals surface area contributed by atoms with Crippen molar-refractivity contribution in [2.75, 3.05) is 13.7 Å². The maximum atomic E-state index is 6.11. The van der Waals surface area contributed by atoms with Crippen molar-refractivity contribution in [2.24, 2.45) is 0 Å². The number of thiazole rings is 1. The Hall–Kier alpha value is -2.18. The largest absolute Gasteiger partial charge is 0.497 e. The SMILES string of the molecule is COc1ccc(Cc2cnc([C@@H]3CCCN3Cc3scnc3C)o2)cc1. The van der Waals surface area contributed by atoms with Crippen molar-refractivity contribution in [1.82, 2.24) is 14.9 Å². The number of ether oxygens (including phenoxy) is 1. The van der Waals surface area contributed by atoms with Crippen LogP contribution in [0, 0.1) is 6.92 Å². The molecule has 1 atom stereocenters. The lowest BCUT2D eigenvalue weighted by molar-refractivity contribution is 0.213. The number of aromatic nitrogens is 2. The maximum Gasteiger partial charge on any atom is 0.211 e. The number of nitrogens with zero attached hydrogens (tertiary/aromatic N) is 3. The van der Waals surface area contributed by atoms with Gasteiger partial charge in [-0.15, -0.1) is 11.3 Å². The van der Waals surface area contributed by atoms with Crippen LogP contribution >= 0.6 is 11.3 Å². The second-order valence-corrected chi connectivity index (χ2v) is 7.62. The van der Waals surface area contributed by atoms with Crippen LogP contribution in [-0.4, -0.2) is 28.5 Å². The fraction of sp³-hybridized carbons (Fsp3) is 0.400. The fourth-order valence-corrected chi connectivity index (χ4v) is 4.26. The van der Waals surface area contributed by atoms with Crippen molar-refractivity contribution in [3.05, 3.63) is 63.8 Å². The summed E-state index contributed by atoms with van der Waals surface area (Å²) in [6, 6.07) is 8.34. The Labute approximate surface area is 157 Å². The standard InChI is InChI=1S/C20H23N3O2S/c1-14-19(26-13-22-14)12-23-9-3-4-18(23)20-21-11-17(25-20)10-15-5-7-16(24-2)8-6-15/h5-8,11,13,18H,3-4,9-10,12H2,1-2H3/t18-/m0/s1. The Morgan fingerprint density at radius 1 is 1.27 bits per heavy atom. The Morgan fingerprint density at radius 3 is 2.85 bits per heavy atom. The molecule has 0 spiro atoms. The van der Waals surface area contributed by atoms with Gasteiger partial charge in [0.05, 0.1) is 30.6 Å². The van der Waals surface area contributed by atoms with Crippen molar-refractivity contribution in [3.63, 3.8) is 0 Å². The van der Waals surface area contributed by atoms with E-state index in [-0.39, 0.29) is 6.04 Å². The summed E-state index contributed by atoms with van der Waals surface area (Å²) in [6.45, 7) is 4.09. The second-order valence-electron chi connectivity index (χ2n) is 6.68. The lowest BCUT2D eigenvalue weighted by atomic mass is 10.1. The molecule has 4 rings (SSSR count). The molecule has 2 aromatic heterocycles. The Kier molecular flexibility index (Phi) is 5.04. The fourth-order valence-electron chi connectivity index (χ4n) is 3.46. The van der Waals surface area contributed by atoms with Crippen molar-refractivity contribution in [1.29, 1.82) is 0 Å². The maximum absolute atomic E-state index is 6.11. The van der Waals surface area contributed by atoms with E-state index in [1.165, 1.54) is 16.9 Å². The molecule has 1 aliphatic rings. The monoisotopic (exact) mass is 369 g/mol. The first-order valence-corrected chi connectivity index (χ1v) is 9.81. The third-order valence-electron chi connectivity index (χ3n) is 4.95. The van der Waals surface area contributed by atoms with Crippen LogP contribution in [0.2, 0.25) is 0 Å². The lowest BCUT2D eigenvalue weighted by Crippen LogP contribution is -2.22. The van der Waals surface area contributed by atoms with E-state index < -0.39 is 0 Å². The predicted octanol–water partition coefficient (Wildman–Crippen LogP) is 4.38. The third-order valence-corrected chi connectivity index (χ3v) is 5.87. The first kappa shape index (κ1) is 17.2. The second kappa shape index (κ2) is 7.60. The minimum absolute atomic E-state index is 0.265. The normalized spacial score (nSPS) is 17.7. The Balaban J connectivity index is 1.45. The summed E-state index contributed by atoms with van der Waals surface area (Å²) in [5.74, 6) is 2.62. The zero-order valence-corrected chi connectivity index (χ0v) is 16.0. The molecular weight excluding hydrogens is 346 g/mol. The van der Waals surface area contributed by atoms with Crippen LogP contribution in [0.15, 0.2) is 40.4 Å². The first-order valence-electron chi connectivity index (χ1n) is 8.93. The van der Waals surface area contributed by atoms with Gasteiger partial charge in [-0.1, -0.05) is 12.1 Å². The van der Waals surface area contributed by atoms with Crippen LogP contribution in [0.25, 0.3) is 0 Å². The molecule has 6 heteroatoms. The summed E-state index contributed by atoms with van der Waals surface area (Å²) in [5.41, 5.74) is 4.25. The molecule has 3 aromatic rings. The van der Waals surface area contributed by atoms with Gasteiger partial charge in [0, 0.05) is 17.8 Å². The highest BCUT2D eigenvalue weighted by Gasteiger charge is 2.30. The number of hydrogen-bond acceptors (Lipinski definition) is 6. The van der Waals surface area contributed by atoms with E-state index >= 15 is 0 Å². The molecule has 0 aliphatic carbocycles. The highest BCUT2D eigenvalue weighted by Crippen LogP contribution is 2.34. The van der Waals surface area contributed by atoms with Gasteiger partial charge in [-0.2, -0.15) is 0 Å². The van der Waals surface area contributed by atoms with Gasteiger partial charge in [0.25, 0.3) is 0 Å². The van der Waals surface area contributed by atoms with E-state index in [9.17, 15) is 0 Å². The van der Waals surface area contributed by atoms with Crippen molar-refractivity contribution >= 4 is 11.3 Å². The lowest BCUT2D eigenvalue weighted by Gasteiger charge is -2.21. The third kappa shape index (κ3) is 3.66. The van der Waals surface area contributed by atoms with Gasteiger partial charge in [0.1, 0.15) is 11.5 Å². The molecule has 0 N–H and O–H groups in total. The summed E-state index contributed by atoms with van der Waals surface area (Å²) in [4.78, 5) is 12.7. The minimum Gasteiger partial charge on any atom is -0.497 e. The van der Waals surface area contributed by atoms with Crippen molar-refractivity contribution in [3.8, 4) is 5.75 Å². The molecule has 3 heterocycles. The summed E-state index contributed by atoms with van der Waals surface area (Å²) >= 11 is 1.73. The molecule has 0 radical (unpaired) electrons. The Morgan fingerprint density at radius 2 is 2.12 bits per heavy atom. The number of aryl methyl sites for hydroxylation is 1.